The lowest BCUT2D eigenvalue weighted by Gasteiger charge is -2.18. The Kier molecular flexibility index (Phi) is 3.56. The predicted octanol–water partition coefficient (Wildman–Crippen LogP) is 2.42. The van der Waals surface area contributed by atoms with E-state index in [-0.39, 0.29) is 11.9 Å². The second-order valence-corrected chi connectivity index (χ2v) is 5.12. The van der Waals surface area contributed by atoms with Crippen LogP contribution >= 0.6 is 0 Å². The van der Waals surface area contributed by atoms with Gasteiger partial charge in [-0.15, -0.1) is 0 Å². The second-order valence-electron chi connectivity index (χ2n) is 5.12. The standard InChI is InChI=1S/C16H18N2O2/c1-11(15-3-2-8-20-15)18-16(19)13-5-4-12-6-7-17-10-14(12)9-13/h2-5,8-9,11,17H,6-7,10H2,1H3,(H,18,19)/t11-/m0/s1. The van der Waals surface area contributed by atoms with Gasteiger partial charge < -0.3 is 15.1 Å². The predicted molar refractivity (Wildman–Crippen MR) is 76.4 cm³/mol. The minimum atomic E-state index is -0.133. The number of benzene rings is 1. The Labute approximate surface area is 118 Å². The Bertz CT molecular complexity index is 605. The fourth-order valence-corrected chi connectivity index (χ4v) is 2.51. The number of carbonyl (C=O) groups excluding carboxylic acids is 1. The molecule has 4 heteroatoms. The van der Waals surface area contributed by atoms with Gasteiger partial charge in [0.2, 0.25) is 0 Å². The molecule has 1 aromatic carbocycles. The van der Waals surface area contributed by atoms with Crippen LogP contribution in [0.1, 0.15) is 40.2 Å². The molecule has 0 radical (unpaired) electrons. The van der Waals surface area contributed by atoms with E-state index in [1.165, 1.54) is 11.1 Å². The molecule has 1 aromatic heterocycles. The topological polar surface area (TPSA) is 54.3 Å². The molecule has 0 bridgehead atoms. The smallest absolute Gasteiger partial charge is 0.251 e. The summed E-state index contributed by atoms with van der Waals surface area (Å²) in [5, 5.41) is 6.28. The molecule has 2 heterocycles. The highest BCUT2D eigenvalue weighted by molar-refractivity contribution is 5.94. The van der Waals surface area contributed by atoms with Crippen molar-refractivity contribution in [2.75, 3.05) is 6.54 Å². The van der Waals surface area contributed by atoms with Crippen molar-refractivity contribution >= 4 is 5.91 Å². The van der Waals surface area contributed by atoms with Gasteiger partial charge in [0.15, 0.2) is 0 Å². The average molecular weight is 270 g/mol. The van der Waals surface area contributed by atoms with Crippen LogP contribution in [0.2, 0.25) is 0 Å². The van der Waals surface area contributed by atoms with Gasteiger partial charge in [0, 0.05) is 12.1 Å². The van der Waals surface area contributed by atoms with Crippen molar-refractivity contribution in [2.45, 2.75) is 25.9 Å². The van der Waals surface area contributed by atoms with Crippen LogP contribution in [0.25, 0.3) is 0 Å². The summed E-state index contributed by atoms with van der Waals surface area (Å²) in [6, 6.07) is 9.49. The minimum Gasteiger partial charge on any atom is -0.467 e. The SMILES string of the molecule is C[C@H](NC(=O)c1ccc2c(c1)CNCC2)c1ccco1. The van der Waals surface area contributed by atoms with Crippen LogP contribution in [0.5, 0.6) is 0 Å². The molecular formula is C16H18N2O2. The summed E-state index contributed by atoms with van der Waals surface area (Å²) >= 11 is 0. The van der Waals surface area contributed by atoms with E-state index in [2.05, 4.69) is 16.7 Å². The minimum absolute atomic E-state index is 0.0673. The molecule has 4 nitrogen and oxygen atoms in total. The Morgan fingerprint density at radius 2 is 2.25 bits per heavy atom. The summed E-state index contributed by atoms with van der Waals surface area (Å²) in [7, 11) is 0. The van der Waals surface area contributed by atoms with Crippen molar-refractivity contribution < 1.29 is 9.21 Å². The maximum Gasteiger partial charge on any atom is 0.251 e. The van der Waals surface area contributed by atoms with Crippen LogP contribution in [0.15, 0.2) is 41.0 Å². The number of hydrogen-bond donors (Lipinski definition) is 2. The summed E-state index contributed by atoms with van der Waals surface area (Å²) in [4.78, 5) is 12.3. The van der Waals surface area contributed by atoms with Gasteiger partial charge in [-0.3, -0.25) is 4.79 Å². The molecule has 0 aliphatic carbocycles. The molecule has 0 spiro atoms. The van der Waals surface area contributed by atoms with Gasteiger partial charge in [-0.05, 0) is 55.3 Å². The molecule has 0 saturated carbocycles. The van der Waals surface area contributed by atoms with Crippen LogP contribution < -0.4 is 10.6 Å². The molecule has 0 saturated heterocycles. The van der Waals surface area contributed by atoms with E-state index in [0.717, 1.165) is 25.3 Å². The molecule has 1 aliphatic heterocycles. The van der Waals surface area contributed by atoms with Crippen molar-refractivity contribution in [1.29, 1.82) is 0 Å². The zero-order chi connectivity index (χ0) is 13.9. The van der Waals surface area contributed by atoms with E-state index >= 15 is 0 Å². The number of hydrogen-bond acceptors (Lipinski definition) is 3. The number of fused-ring (bicyclic) bond motifs is 1. The van der Waals surface area contributed by atoms with Crippen molar-refractivity contribution in [3.8, 4) is 0 Å². The lowest BCUT2D eigenvalue weighted by Crippen LogP contribution is -2.28. The first kappa shape index (κ1) is 12.9. The molecule has 1 atom stereocenters. The summed E-state index contributed by atoms with van der Waals surface area (Å²) < 4.78 is 5.30. The summed E-state index contributed by atoms with van der Waals surface area (Å²) in [6.45, 7) is 3.76. The van der Waals surface area contributed by atoms with E-state index < -0.39 is 0 Å². The molecule has 1 aliphatic rings. The van der Waals surface area contributed by atoms with Crippen LogP contribution in [0, 0.1) is 0 Å². The van der Waals surface area contributed by atoms with E-state index in [0.29, 0.717) is 5.56 Å². The first-order valence-electron chi connectivity index (χ1n) is 6.91. The van der Waals surface area contributed by atoms with Gasteiger partial charge in [-0.1, -0.05) is 6.07 Å². The van der Waals surface area contributed by atoms with Crippen LogP contribution in [0.3, 0.4) is 0 Å². The maximum atomic E-state index is 12.3. The first-order valence-corrected chi connectivity index (χ1v) is 6.91. The summed E-state index contributed by atoms with van der Waals surface area (Å²) in [6.07, 6.45) is 2.64. The van der Waals surface area contributed by atoms with Gasteiger partial charge in [0.05, 0.1) is 12.3 Å². The van der Waals surface area contributed by atoms with Crippen molar-refractivity contribution in [3.05, 3.63) is 59.0 Å². The summed E-state index contributed by atoms with van der Waals surface area (Å²) in [5.41, 5.74) is 3.25. The van der Waals surface area contributed by atoms with E-state index in [9.17, 15) is 4.79 Å². The Morgan fingerprint density at radius 3 is 3.05 bits per heavy atom. The lowest BCUT2D eigenvalue weighted by molar-refractivity contribution is 0.0935. The third-order valence-corrected chi connectivity index (χ3v) is 3.67. The Morgan fingerprint density at radius 1 is 1.35 bits per heavy atom. The first-order chi connectivity index (χ1) is 9.74. The monoisotopic (exact) mass is 270 g/mol. The van der Waals surface area contributed by atoms with E-state index in [1.807, 2.05) is 31.2 Å². The quantitative estimate of drug-likeness (QED) is 0.900. The zero-order valence-electron chi connectivity index (χ0n) is 11.5. The fraction of sp³-hybridized carbons (Fsp3) is 0.312. The third kappa shape index (κ3) is 2.60. The molecular weight excluding hydrogens is 252 g/mol. The number of nitrogens with one attached hydrogen (secondary N) is 2. The second kappa shape index (κ2) is 5.51. The van der Waals surface area contributed by atoms with Gasteiger partial charge in [0.25, 0.3) is 5.91 Å². The van der Waals surface area contributed by atoms with Crippen molar-refractivity contribution in [2.24, 2.45) is 0 Å². The van der Waals surface area contributed by atoms with Crippen molar-refractivity contribution in [1.82, 2.24) is 10.6 Å². The average Bonchev–Trinajstić information content (AvgIpc) is 3.01. The fourth-order valence-electron chi connectivity index (χ4n) is 2.51. The third-order valence-electron chi connectivity index (χ3n) is 3.67. The van der Waals surface area contributed by atoms with Gasteiger partial charge in [0.1, 0.15) is 5.76 Å². The molecule has 0 fully saturated rings. The highest BCUT2D eigenvalue weighted by Gasteiger charge is 2.15. The largest absolute Gasteiger partial charge is 0.467 e. The molecule has 104 valence electrons. The summed E-state index contributed by atoms with van der Waals surface area (Å²) in [5.74, 6) is 0.695. The van der Waals surface area contributed by atoms with Crippen LogP contribution in [0.4, 0.5) is 0 Å². The number of rotatable bonds is 3. The molecule has 20 heavy (non-hydrogen) atoms. The zero-order valence-corrected chi connectivity index (χ0v) is 11.5. The normalized spacial score (nSPS) is 15.4. The van der Waals surface area contributed by atoms with E-state index in [1.54, 1.807) is 6.26 Å². The molecule has 0 unspecified atom stereocenters. The Hall–Kier alpha value is -2.07. The van der Waals surface area contributed by atoms with Gasteiger partial charge in [-0.2, -0.15) is 0 Å². The molecule has 1 amide bonds. The van der Waals surface area contributed by atoms with Crippen LogP contribution in [-0.2, 0) is 13.0 Å². The lowest BCUT2D eigenvalue weighted by atomic mass is 9.98. The Balaban J connectivity index is 1.74. The highest BCUT2D eigenvalue weighted by Crippen LogP contribution is 2.17. The molecule has 2 N–H and O–H groups in total. The maximum absolute atomic E-state index is 12.3. The number of furan rings is 1. The molecule has 3 rings (SSSR count). The van der Waals surface area contributed by atoms with Gasteiger partial charge >= 0.3 is 0 Å². The van der Waals surface area contributed by atoms with Gasteiger partial charge in [-0.25, -0.2) is 0 Å². The number of carbonyl (C=O) groups is 1. The van der Waals surface area contributed by atoms with Crippen molar-refractivity contribution in [3.63, 3.8) is 0 Å². The number of amides is 1. The van der Waals surface area contributed by atoms with E-state index in [4.69, 9.17) is 4.42 Å². The van der Waals surface area contributed by atoms with Crippen LogP contribution in [-0.4, -0.2) is 12.5 Å². The highest BCUT2D eigenvalue weighted by atomic mass is 16.3. The molecule has 2 aromatic rings.